The van der Waals surface area contributed by atoms with Gasteiger partial charge < -0.3 is 5.32 Å². The van der Waals surface area contributed by atoms with Crippen molar-refractivity contribution >= 4 is 39.2 Å². The van der Waals surface area contributed by atoms with Crippen LogP contribution in [0.5, 0.6) is 0 Å². The highest BCUT2D eigenvalue weighted by molar-refractivity contribution is 7.99. The Hall–Kier alpha value is -1.34. The van der Waals surface area contributed by atoms with Gasteiger partial charge in [-0.25, -0.2) is 4.98 Å². The van der Waals surface area contributed by atoms with E-state index in [0.29, 0.717) is 17.6 Å². The van der Waals surface area contributed by atoms with Crippen LogP contribution in [0.4, 0.5) is 0 Å². The summed E-state index contributed by atoms with van der Waals surface area (Å²) in [5.41, 5.74) is 1.04. The predicted octanol–water partition coefficient (Wildman–Crippen LogP) is 4.00. The Morgan fingerprint density at radius 2 is 2.15 bits per heavy atom. The van der Waals surface area contributed by atoms with Crippen molar-refractivity contribution in [1.29, 1.82) is 0 Å². The molecule has 0 saturated heterocycles. The molecular weight excluding hydrogens is 378 g/mol. The maximum atomic E-state index is 13.1. The molecular formula is C20H29N3O2S2. The molecule has 0 aliphatic heterocycles. The van der Waals surface area contributed by atoms with E-state index in [-0.39, 0.29) is 22.8 Å². The third kappa shape index (κ3) is 4.24. The third-order valence-corrected chi connectivity index (χ3v) is 7.52. The number of thiophene rings is 1. The molecule has 3 rings (SSSR count). The van der Waals surface area contributed by atoms with E-state index in [1.165, 1.54) is 22.2 Å². The van der Waals surface area contributed by atoms with Gasteiger partial charge in [-0.1, -0.05) is 25.6 Å². The maximum absolute atomic E-state index is 13.1. The van der Waals surface area contributed by atoms with Crippen LogP contribution in [0.3, 0.4) is 0 Å². The van der Waals surface area contributed by atoms with Crippen LogP contribution in [-0.4, -0.2) is 26.8 Å². The average Bonchev–Trinajstić information content (AvgIpc) is 2.97. The molecule has 0 unspecified atom stereocenters. The highest BCUT2D eigenvalue weighted by atomic mass is 32.2. The molecule has 2 aromatic rings. The summed E-state index contributed by atoms with van der Waals surface area (Å²) in [6, 6.07) is 0. The largest absolute Gasteiger partial charge is 0.351 e. The van der Waals surface area contributed by atoms with Crippen molar-refractivity contribution in [2.45, 2.75) is 77.5 Å². The molecule has 0 spiro atoms. The lowest BCUT2D eigenvalue weighted by Gasteiger charge is -2.24. The molecule has 1 aliphatic carbocycles. The molecule has 1 aliphatic rings. The van der Waals surface area contributed by atoms with E-state index in [2.05, 4.69) is 19.2 Å². The molecule has 0 radical (unpaired) electrons. The Morgan fingerprint density at radius 3 is 2.81 bits per heavy atom. The van der Waals surface area contributed by atoms with Crippen molar-refractivity contribution in [2.75, 3.05) is 5.75 Å². The van der Waals surface area contributed by atoms with Gasteiger partial charge in [0.2, 0.25) is 5.91 Å². The Labute approximate surface area is 169 Å². The van der Waals surface area contributed by atoms with Gasteiger partial charge >= 0.3 is 0 Å². The van der Waals surface area contributed by atoms with Crippen LogP contribution in [-0.2, 0) is 24.2 Å². The number of carbonyl (C=O) groups is 1. The Balaban J connectivity index is 1.90. The molecule has 2 aromatic heterocycles. The first-order valence-electron chi connectivity index (χ1n) is 9.74. The SMILES string of the molecule is CCn1c(SCC(=O)NC(C)(C)CC)nc2sc3c(c2c1=O)CC[C@@H](C)C3. The second-order valence-electron chi connectivity index (χ2n) is 8.05. The molecule has 1 atom stereocenters. The third-order valence-electron chi connectivity index (χ3n) is 5.39. The first-order chi connectivity index (χ1) is 12.8. The first-order valence-corrected chi connectivity index (χ1v) is 11.5. The summed E-state index contributed by atoms with van der Waals surface area (Å²) in [5, 5.41) is 4.49. The van der Waals surface area contributed by atoms with Crippen LogP contribution in [0.25, 0.3) is 10.2 Å². The number of aryl methyl sites for hydroxylation is 1. The molecule has 0 saturated carbocycles. The fraction of sp³-hybridized carbons (Fsp3) is 0.650. The number of nitrogens with one attached hydrogen (secondary N) is 1. The van der Waals surface area contributed by atoms with Gasteiger partial charge in [0, 0.05) is 17.0 Å². The van der Waals surface area contributed by atoms with Crippen LogP contribution in [0.15, 0.2) is 9.95 Å². The number of thioether (sulfide) groups is 1. The Kier molecular flexibility index (Phi) is 6.01. The number of hydrogen-bond donors (Lipinski definition) is 1. The summed E-state index contributed by atoms with van der Waals surface area (Å²) in [5.74, 6) is 0.908. The molecule has 148 valence electrons. The highest BCUT2D eigenvalue weighted by Crippen LogP contribution is 2.36. The van der Waals surface area contributed by atoms with E-state index in [4.69, 9.17) is 4.98 Å². The molecule has 0 bridgehead atoms. The van der Waals surface area contributed by atoms with Crippen molar-refractivity contribution in [3.63, 3.8) is 0 Å². The smallest absolute Gasteiger partial charge is 0.263 e. The summed E-state index contributed by atoms with van der Waals surface area (Å²) >= 11 is 3.01. The second kappa shape index (κ2) is 7.95. The quantitative estimate of drug-likeness (QED) is 0.581. The van der Waals surface area contributed by atoms with Gasteiger partial charge in [0.25, 0.3) is 5.56 Å². The minimum atomic E-state index is -0.219. The van der Waals surface area contributed by atoms with Crippen LogP contribution >= 0.6 is 23.1 Å². The normalized spacial score (nSPS) is 17.1. The lowest BCUT2D eigenvalue weighted by Crippen LogP contribution is -2.43. The van der Waals surface area contributed by atoms with Gasteiger partial charge in [-0.05, 0) is 57.9 Å². The summed E-state index contributed by atoms with van der Waals surface area (Å²) in [4.78, 5) is 32.4. The zero-order valence-electron chi connectivity index (χ0n) is 16.8. The number of nitrogens with zero attached hydrogens (tertiary/aromatic N) is 2. The van der Waals surface area contributed by atoms with Crippen molar-refractivity contribution < 1.29 is 4.79 Å². The van der Waals surface area contributed by atoms with E-state index >= 15 is 0 Å². The van der Waals surface area contributed by atoms with Gasteiger partial charge in [0.05, 0.1) is 11.1 Å². The first kappa shape index (κ1) is 20.4. The van der Waals surface area contributed by atoms with Crippen LogP contribution in [0.2, 0.25) is 0 Å². The summed E-state index contributed by atoms with van der Waals surface area (Å²) in [6.07, 6.45) is 4.01. The molecule has 5 nitrogen and oxygen atoms in total. The van der Waals surface area contributed by atoms with Gasteiger partial charge in [0.15, 0.2) is 5.16 Å². The highest BCUT2D eigenvalue weighted by Gasteiger charge is 2.25. The number of hydrogen-bond acceptors (Lipinski definition) is 5. The van der Waals surface area contributed by atoms with E-state index in [1.54, 1.807) is 15.9 Å². The van der Waals surface area contributed by atoms with Crippen LogP contribution in [0.1, 0.15) is 57.9 Å². The van der Waals surface area contributed by atoms with E-state index < -0.39 is 0 Å². The minimum absolute atomic E-state index is 0.0249. The summed E-state index contributed by atoms with van der Waals surface area (Å²) < 4.78 is 1.72. The lowest BCUT2D eigenvalue weighted by atomic mass is 9.89. The molecule has 1 N–H and O–H groups in total. The number of carbonyl (C=O) groups excluding carboxylic acids is 1. The predicted molar refractivity (Wildman–Crippen MR) is 114 cm³/mol. The van der Waals surface area contributed by atoms with Crippen molar-refractivity contribution in [3.05, 3.63) is 20.8 Å². The Bertz CT molecular complexity index is 914. The van der Waals surface area contributed by atoms with E-state index in [0.717, 1.165) is 35.9 Å². The zero-order valence-corrected chi connectivity index (χ0v) is 18.5. The van der Waals surface area contributed by atoms with Crippen molar-refractivity contribution in [1.82, 2.24) is 14.9 Å². The maximum Gasteiger partial charge on any atom is 0.263 e. The molecule has 0 aromatic carbocycles. The zero-order chi connectivity index (χ0) is 19.8. The van der Waals surface area contributed by atoms with Crippen LogP contribution < -0.4 is 10.9 Å². The number of rotatable bonds is 6. The Morgan fingerprint density at radius 1 is 1.41 bits per heavy atom. The van der Waals surface area contributed by atoms with E-state index in [9.17, 15) is 9.59 Å². The van der Waals surface area contributed by atoms with Gasteiger partial charge in [-0.3, -0.25) is 14.2 Å². The molecule has 2 heterocycles. The van der Waals surface area contributed by atoms with Gasteiger partial charge in [-0.15, -0.1) is 11.3 Å². The molecule has 7 heteroatoms. The number of amides is 1. The van der Waals surface area contributed by atoms with Gasteiger partial charge in [-0.2, -0.15) is 0 Å². The average molecular weight is 408 g/mol. The minimum Gasteiger partial charge on any atom is -0.351 e. The molecule has 27 heavy (non-hydrogen) atoms. The fourth-order valence-corrected chi connectivity index (χ4v) is 5.71. The molecule has 0 fully saturated rings. The molecule has 1 amide bonds. The number of fused-ring (bicyclic) bond motifs is 3. The monoisotopic (exact) mass is 407 g/mol. The topological polar surface area (TPSA) is 64.0 Å². The summed E-state index contributed by atoms with van der Waals surface area (Å²) in [6.45, 7) is 10.9. The fourth-order valence-electron chi connectivity index (χ4n) is 3.43. The summed E-state index contributed by atoms with van der Waals surface area (Å²) in [7, 11) is 0. The standard InChI is InChI=1S/C20H29N3O2S2/c1-6-20(4,5)22-15(24)11-26-19-21-17-16(18(25)23(19)7-2)13-9-8-12(3)10-14(13)27-17/h12H,6-11H2,1-5H3,(H,22,24)/t12-/m1/s1. The van der Waals surface area contributed by atoms with Crippen molar-refractivity contribution in [3.8, 4) is 0 Å². The van der Waals surface area contributed by atoms with E-state index in [1.807, 2.05) is 20.8 Å². The van der Waals surface area contributed by atoms with Gasteiger partial charge in [0.1, 0.15) is 4.83 Å². The van der Waals surface area contributed by atoms with Crippen LogP contribution in [0, 0.1) is 5.92 Å². The second-order valence-corrected chi connectivity index (χ2v) is 10.1. The van der Waals surface area contributed by atoms with Crippen molar-refractivity contribution in [2.24, 2.45) is 5.92 Å². The number of aromatic nitrogens is 2. The lowest BCUT2D eigenvalue weighted by molar-refractivity contribution is -0.120.